The quantitative estimate of drug-likeness (QED) is 0.359. The zero-order valence-corrected chi connectivity index (χ0v) is 18.4. The molecule has 0 amide bonds. The summed E-state index contributed by atoms with van der Waals surface area (Å²) in [6.07, 6.45) is 0. The van der Waals surface area contributed by atoms with E-state index in [2.05, 4.69) is 60.0 Å². The Morgan fingerprint density at radius 1 is 1.03 bits per heavy atom. The fourth-order valence-electron chi connectivity index (χ4n) is 3.34. The van der Waals surface area contributed by atoms with E-state index in [-0.39, 0.29) is 19.3 Å². The van der Waals surface area contributed by atoms with Crippen molar-refractivity contribution in [2.75, 3.05) is 26.9 Å². The van der Waals surface area contributed by atoms with E-state index in [1.165, 1.54) is 16.3 Å². The number of fused-ring (bicyclic) bond motifs is 1. The summed E-state index contributed by atoms with van der Waals surface area (Å²) in [6, 6.07) is 20.7. The van der Waals surface area contributed by atoms with Crippen molar-refractivity contribution in [3.05, 3.63) is 71.8 Å². The molecule has 0 radical (unpaired) electrons. The minimum Gasteiger partial charge on any atom is -0.493 e. The molecular formula is C25H31N3O3. The van der Waals surface area contributed by atoms with Gasteiger partial charge in [0.25, 0.3) is 0 Å². The van der Waals surface area contributed by atoms with Crippen LogP contribution < -0.4 is 20.1 Å². The Morgan fingerprint density at radius 2 is 1.84 bits per heavy atom. The van der Waals surface area contributed by atoms with E-state index < -0.39 is 0 Å². The summed E-state index contributed by atoms with van der Waals surface area (Å²) in [5.41, 5.74) is 2.21. The number of nitrogens with zero attached hydrogens (tertiary/aromatic N) is 1. The first-order chi connectivity index (χ1) is 15.1. The second kappa shape index (κ2) is 11.2. The van der Waals surface area contributed by atoms with Crippen molar-refractivity contribution in [3.63, 3.8) is 0 Å². The molecule has 0 aliphatic heterocycles. The first kappa shape index (κ1) is 22.4. The van der Waals surface area contributed by atoms with E-state index in [1.807, 2.05) is 25.1 Å². The highest BCUT2D eigenvalue weighted by atomic mass is 16.5. The molecule has 0 aliphatic carbocycles. The van der Waals surface area contributed by atoms with Crippen LogP contribution in [0.25, 0.3) is 10.8 Å². The van der Waals surface area contributed by atoms with Crippen molar-refractivity contribution in [1.29, 1.82) is 0 Å². The van der Waals surface area contributed by atoms with Gasteiger partial charge in [-0.3, -0.25) is 0 Å². The summed E-state index contributed by atoms with van der Waals surface area (Å²) in [6.45, 7) is 5.64. The Bertz CT molecular complexity index is 1020. The van der Waals surface area contributed by atoms with E-state index in [1.54, 1.807) is 7.11 Å². The molecule has 6 heteroatoms. The fourth-order valence-corrected chi connectivity index (χ4v) is 3.34. The molecule has 0 saturated carbocycles. The smallest absolute Gasteiger partial charge is 0.192 e. The van der Waals surface area contributed by atoms with Crippen LogP contribution in [-0.2, 0) is 6.54 Å². The van der Waals surface area contributed by atoms with Gasteiger partial charge in [-0.15, -0.1) is 0 Å². The van der Waals surface area contributed by atoms with Crippen molar-refractivity contribution >= 4 is 16.7 Å². The van der Waals surface area contributed by atoms with Gasteiger partial charge in [0.05, 0.1) is 26.3 Å². The molecule has 3 rings (SSSR count). The molecule has 1 atom stereocenters. The predicted molar refractivity (Wildman–Crippen MR) is 126 cm³/mol. The third-order valence-corrected chi connectivity index (χ3v) is 4.97. The van der Waals surface area contributed by atoms with Crippen molar-refractivity contribution in [1.82, 2.24) is 10.6 Å². The summed E-state index contributed by atoms with van der Waals surface area (Å²) in [4.78, 5) is 4.74. The lowest BCUT2D eigenvalue weighted by Gasteiger charge is -2.19. The summed E-state index contributed by atoms with van der Waals surface area (Å²) in [5, 5.41) is 18.2. The molecule has 0 aromatic heterocycles. The molecule has 0 fully saturated rings. The summed E-state index contributed by atoms with van der Waals surface area (Å²) >= 11 is 0. The number of aliphatic hydroxyl groups is 1. The molecule has 0 aliphatic rings. The van der Waals surface area contributed by atoms with Gasteiger partial charge in [0, 0.05) is 6.54 Å². The van der Waals surface area contributed by atoms with Gasteiger partial charge in [-0.05, 0) is 53.9 Å². The molecule has 0 heterocycles. The van der Waals surface area contributed by atoms with Crippen LogP contribution in [0.1, 0.15) is 31.0 Å². The number of benzene rings is 3. The molecule has 0 saturated heterocycles. The minimum absolute atomic E-state index is 0.0394. The molecular weight excluding hydrogens is 390 g/mol. The number of hydrogen-bond donors (Lipinski definition) is 3. The van der Waals surface area contributed by atoms with Gasteiger partial charge in [-0.25, -0.2) is 4.99 Å². The Kier molecular flexibility index (Phi) is 8.12. The SMILES string of the molecule is CCNC(=NCc1ccc(OCCO)c(OC)c1)NC(C)c1ccc2ccccc2c1. The second-order valence-corrected chi connectivity index (χ2v) is 7.23. The summed E-state index contributed by atoms with van der Waals surface area (Å²) in [5.74, 6) is 1.99. The topological polar surface area (TPSA) is 75.1 Å². The van der Waals surface area contributed by atoms with E-state index >= 15 is 0 Å². The highest BCUT2D eigenvalue weighted by Gasteiger charge is 2.10. The third kappa shape index (κ3) is 6.12. The van der Waals surface area contributed by atoms with Gasteiger partial charge in [-0.1, -0.05) is 42.5 Å². The van der Waals surface area contributed by atoms with Crippen LogP contribution in [0.3, 0.4) is 0 Å². The molecule has 31 heavy (non-hydrogen) atoms. The second-order valence-electron chi connectivity index (χ2n) is 7.23. The Hall–Kier alpha value is -3.25. The normalized spacial score (nSPS) is 12.5. The van der Waals surface area contributed by atoms with Crippen LogP contribution in [0.4, 0.5) is 0 Å². The number of guanidine groups is 1. The van der Waals surface area contributed by atoms with Crippen LogP contribution >= 0.6 is 0 Å². The zero-order chi connectivity index (χ0) is 22.1. The summed E-state index contributed by atoms with van der Waals surface area (Å²) < 4.78 is 10.9. The monoisotopic (exact) mass is 421 g/mol. The first-order valence-corrected chi connectivity index (χ1v) is 10.6. The molecule has 0 spiro atoms. The lowest BCUT2D eigenvalue weighted by Crippen LogP contribution is -2.38. The van der Waals surface area contributed by atoms with E-state index in [4.69, 9.17) is 19.6 Å². The Morgan fingerprint density at radius 3 is 2.58 bits per heavy atom. The zero-order valence-electron chi connectivity index (χ0n) is 18.4. The maximum absolute atomic E-state index is 8.95. The molecule has 1 unspecified atom stereocenters. The maximum Gasteiger partial charge on any atom is 0.192 e. The van der Waals surface area contributed by atoms with Crippen molar-refractivity contribution < 1.29 is 14.6 Å². The Balaban J connectivity index is 1.71. The molecule has 3 aromatic rings. The standard InChI is InChI=1S/C25H31N3O3/c1-4-26-25(27-17-19-9-12-23(31-14-13-29)24(15-19)30-3)28-18(2)21-11-10-20-7-5-6-8-22(20)16-21/h5-12,15-16,18,29H,4,13-14,17H2,1-3H3,(H2,26,27,28). The number of ether oxygens (including phenoxy) is 2. The summed E-state index contributed by atoms with van der Waals surface area (Å²) in [7, 11) is 1.60. The molecule has 6 nitrogen and oxygen atoms in total. The maximum atomic E-state index is 8.95. The van der Waals surface area contributed by atoms with Crippen LogP contribution in [0.15, 0.2) is 65.7 Å². The van der Waals surface area contributed by atoms with Gasteiger partial charge in [0.2, 0.25) is 0 Å². The lowest BCUT2D eigenvalue weighted by molar-refractivity contribution is 0.196. The van der Waals surface area contributed by atoms with Gasteiger partial charge in [0.15, 0.2) is 17.5 Å². The fraction of sp³-hybridized carbons (Fsp3) is 0.320. The number of methoxy groups -OCH3 is 1. The van der Waals surface area contributed by atoms with Crippen LogP contribution in [-0.4, -0.2) is 37.9 Å². The number of nitrogens with one attached hydrogen (secondary N) is 2. The third-order valence-electron chi connectivity index (χ3n) is 4.97. The first-order valence-electron chi connectivity index (χ1n) is 10.6. The largest absolute Gasteiger partial charge is 0.493 e. The average molecular weight is 422 g/mol. The average Bonchev–Trinajstić information content (AvgIpc) is 2.81. The molecule has 3 N–H and O–H groups in total. The van der Waals surface area contributed by atoms with E-state index in [9.17, 15) is 0 Å². The number of aliphatic hydroxyl groups excluding tert-OH is 1. The van der Waals surface area contributed by atoms with E-state index in [0.29, 0.717) is 18.0 Å². The Labute approximate surface area is 183 Å². The number of hydrogen-bond acceptors (Lipinski definition) is 4. The number of rotatable bonds is 9. The van der Waals surface area contributed by atoms with Crippen molar-refractivity contribution in [2.24, 2.45) is 4.99 Å². The van der Waals surface area contributed by atoms with Crippen LogP contribution in [0, 0.1) is 0 Å². The highest BCUT2D eigenvalue weighted by molar-refractivity contribution is 5.84. The van der Waals surface area contributed by atoms with Gasteiger partial charge in [-0.2, -0.15) is 0 Å². The lowest BCUT2D eigenvalue weighted by atomic mass is 10.0. The van der Waals surface area contributed by atoms with Gasteiger partial charge < -0.3 is 25.2 Å². The van der Waals surface area contributed by atoms with Crippen LogP contribution in [0.2, 0.25) is 0 Å². The van der Waals surface area contributed by atoms with Gasteiger partial charge >= 0.3 is 0 Å². The minimum atomic E-state index is -0.0394. The predicted octanol–water partition coefficient (Wildman–Crippen LogP) is 4.04. The van der Waals surface area contributed by atoms with E-state index in [0.717, 1.165) is 18.1 Å². The number of aliphatic imine (C=N–C) groups is 1. The molecule has 3 aromatic carbocycles. The van der Waals surface area contributed by atoms with Gasteiger partial charge in [0.1, 0.15) is 6.61 Å². The molecule has 164 valence electrons. The highest BCUT2D eigenvalue weighted by Crippen LogP contribution is 2.28. The van der Waals surface area contributed by atoms with Crippen molar-refractivity contribution in [2.45, 2.75) is 26.4 Å². The van der Waals surface area contributed by atoms with Crippen LogP contribution in [0.5, 0.6) is 11.5 Å². The molecule has 0 bridgehead atoms. The van der Waals surface area contributed by atoms with Crippen molar-refractivity contribution in [3.8, 4) is 11.5 Å².